The standard InChI is InChI=1S/C16H13N5O3/c17-10-14(16(22)20-11-4-2-1-3-5-11)15(18)19-12-6-8-13(9-7-12)21(23)24/h1-9,19H,18H2,(H,20,22). The summed E-state index contributed by atoms with van der Waals surface area (Å²) in [6.45, 7) is 0. The van der Waals surface area contributed by atoms with Gasteiger partial charge in [-0.2, -0.15) is 5.26 Å². The number of nitriles is 1. The molecule has 0 heterocycles. The van der Waals surface area contributed by atoms with E-state index in [0.29, 0.717) is 11.4 Å². The van der Waals surface area contributed by atoms with Crippen LogP contribution in [0, 0.1) is 21.4 Å². The van der Waals surface area contributed by atoms with E-state index in [1.165, 1.54) is 24.3 Å². The molecule has 0 aliphatic carbocycles. The molecule has 0 saturated carbocycles. The molecular weight excluding hydrogens is 310 g/mol. The number of nitrogens with one attached hydrogen (secondary N) is 2. The van der Waals surface area contributed by atoms with Crippen molar-refractivity contribution in [1.29, 1.82) is 5.26 Å². The van der Waals surface area contributed by atoms with Crippen LogP contribution < -0.4 is 16.4 Å². The van der Waals surface area contributed by atoms with E-state index in [2.05, 4.69) is 10.6 Å². The van der Waals surface area contributed by atoms with E-state index in [1.807, 2.05) is 0 Å². The van der Waals surface area contributed by atoms with Crippen molar-refractivity contribution in [3.63, 3.8) is 0 Å². The summed E-state index contributed by atoms with van der Waals surface area (Å²) < 4.78 is 0. The van der Waals surface area contributed by atoms with Gasteiger partial charge in [0.1, 0.15) is 11.9 Å². The van der Waals surface area contributed by atoms with Gasteiger partial charge in [-0.1, -0.05) is 18.2 Å². The molecule has 8 heteroatoms. The second-order valence-electron chi connectivity index (χ2n) is 4.65. The van der Waals surface area contributed by atoms with Crippen molar-refractivity contribution in [2.75, 3.05) is 10.6 Å². The number of benzene rings is 2. The number of amides is 1. The van der Waals surface area contributed by atoms with Crippen LogP contribution in [0.4, 0.5) is 17.1 Å². The Labute approximate surface area is 137 Å². The lowest BCUT2D eigenvalue weighted by Crippen LogP contribution is -2.21. The van der Waals surface area contributed by atoms with E-state index >= 15 is 0 Å². The van der Waals surface area contributed by atoms with Crippen LogP contribution in [0.2, 0.25) is 0 Å². The number of nitrogens with two attached hydrogens (primary N) is 1. The lowest BCUT2D eigenvalue weighted by molar-refractivity contribution is -0.384. The topological polar surface area (TPSA) is 134 Å². The minimum absolute atomic E-state index is 0.0783. The number of anilines is 2. The van der Waals surface area contributed by atoms with Crippen molar-refractivity contribution in [3.05, 3.63) is 76.1 Å². The molecule has 0 bridgehead atoms. The minimum Gasteiger partial charge on any atom is -0.384 e. The van der Waals surface area contributed by atoms with Crippen LogP contribution in [-0.2, 0) is 4.79 Å². The molecular formula is C16H13N5O3. The monoisotopic (exact) mass is 323 g/mol. The third-order valence-electron chi connectivity index (χ3n) is 3.00. The van der Waals surface area contributed by atoms with E-state index in [9.17, 15) is 14.9 Å². The number of carbonyl (C=O) groups excluding carboxylic acids is 1. The third kappa shape index (κ3) is 4.08. The maximum atomic E-state index is 12.1. The molecule has 2 aromatic rings. The summed E-state index contributed by atoms with van der Waals surface area (Å²) in [6, 6.07) is 15.8. The Balaban J connectivity index is 2.16. The first-order valence-corrected chi connectivity index (χ1v) is 6.79. The van der Waals surface area contributed by atoms with Crippen LogP contribution >= 0.6 is 0 Å². The van der Waals surface area contributed by atoms with Gasteiger partial charge in [-0.3, -0.25) is 14.9 Å². The third-order valence-corrected chi connectivity index (χ3v) is 3.00. The molecule has 8 nitrogen and oxygen atoms in total. The molecule has 0 aliphatic rings. The summed E-state index contributed by atoms with van der Waals surface area (Å²) >= 11 is 0. The number of carbonyl (C=O) groups is 1. The first kappa shape index (κ1) is 16.5. The molecule has 0 atom stereocenters. The second kappa shape index (κ2) is 7.42. The van der Waals surface area contributed by atoms with Gasteiger partial charge in [0.2, 0.25) is 0 Å². The lowest BCUT2D eigenvalue weighted by atomic mass is 10.2. The van der Waals surface area contributed by atoms with Gasteiger partial charge < -0.3 is 16.4 Å². The summed E-state index contributed by atoms with van der Waals surface area (Å²) in [5, 5.41) is 25.0. The largest absolute Gasteiger partial charge is 0.384 e. The molecule has 0 radical (unpaired) electrons. The fourth-order valence-corrected chi connectivity index (χ4v) is 1.83. The van der Waals surface area contributed by atoms with Crippen LogP contribution in [-0.4, -0.2) is 10.8 Å². The van der Waals surface area contributed by atoms with Gasteiger partial charge in [-0.05, 0) is 24.3 Å². The summed E-state index contributed by atoms with van der Waals surface area (Å²) in [5.74, 6) is -0.810. The second-order valence-corrected chi connectivity index (χ2v) is 4.65. The van der Waals surface area contributed by atoms with Crippen molar-refractivity contribution in [1.82, 2.24) is 0 Å². The van der Waals surface area contributed by atoms with Crippen LogP contribution in [0.25, 0.3) is 0 Å². The Morgan fingerprint density at radius 1 is 1.04 bits per heavy atom. The molecule has 2 aromatic carbocycles. The number of hydrogen-bond donors (Lipinski definition) is 3. The van der Waals surface area contributed by atoms with Crippen LogP contribution in [0.15, 0.2) is 66.0 Å². The quantitative estimate of drug-likeness (QED) is 0.334. The highest BCUT2D eigenvalue weighted by Gasteiger charge is 2.14. The van der Waals surface area contributed by atoms with Crippen LogP contribution in [0.1, 0.15) is 0 Å². The van der Waals surface area contributed by atoms with Crippen molar-refractivity contribution >= 4 is 23.0 Å². The Morgan fingerprint density at radius 2 is 1.62 bits per heavy atom. The summed E-state index contributed by atoms with van der Waals surface area (Å²) in [7, 11) is 0. The normalized spacial score (nSPS) is 11.0. The summed E-state index contributed by atoms with van der Waals surface area (Å²) in [5.41, 5.74) is 6.33. The van der Waals surface area contributed by atoms with E-state index in [0.717, 1.165) is 0 Å². The first-order valence-electron chi connectivity index (χ1n) is 6.79. The van der Waals surface area contributed by atoms with Gasteiger partial charge in [0.15, 0.2) is 5.57 Å². The van der Waals surface area contributed by atoms with Crippen molar-refractivity contribution in [3.8, 4) is 6.07 Å². The molecule has 0 unspecified atom stereocenters. The molecule has 0 spiro atoms. The SMILES string of the molecule is N#CC(C(=O)Nc1ccccc1)=C(N)Nc1ccc([N+](=O)[O-])cc1. The maximum absolute atomic E-state index is 12.1. The number of nitro groups is 1. The van der Waals surface area contributed by atoms with Crippen molar-refractivity contribution < 1.29 is 9.72 Å². The number of nitrogens with zero attached hydrogens (tertiary/aromatic N) is 2. The van der Waals surface area contributed by atoms with E-state index < -0.39 is 10.8 Å². The Hall–Kier alpha value is -3.86. The number of para-hydroxylation sites is 1. The zero-order chi connectivity index (χ0) is 17.5. The average Bonchev–Trinajstić information content (AvgIpc) is 2.57. The zero-order valence-electron chi connectivity index (χ0n) is 12.4. The van der Waals surface area contributed by atoms with Gasteiger partial charge in [-0.25, -0.2) is 0 Å². The fourth-order valence-electron chi connectivity index (χ4n) is 1.83. The number of non-ortho nitro benzene ring substituents is 1. The Morgan fingerprint density at radius 3 is 2.17 bits per heavy atom. The molecule has 0 saturated heterocycles. The maximum Gasteiger partial charge on any atom is 0.270 e. The fraction of sp³-hybridized carbons (Fsp3) is 0. The number of nitro benzene ring substituents is 1. The highest BCUT2D eigenvalue weighted by molar-refractivity contribution is 6.07. The molecule has 0 aromatic heterocycles. The average molecular weight is 323 g/mol. The summed E-state index contributed by atoms with van der Waals surface area (Å²) in [6.07, 6.45) is 0. The predicted octanol–water partition coefficient (Wildman–Crippen LogP) is 2.34. The molecule has 120 valence electrons. The predicted molar refractivity (Wildman–Crippen MR) is 88.6 cm³/mol. The van der Waals surface area contributed by atoms with Gasteiger partial charge in [0, 0.05) is 23.5 Å². The van der Waals surface area contributed by atoms with Gasteiger partial charge in [0.25, 0.3) is 11.6 Å². The first-order chi connectivity index (χ1) is 11.5. The molecule has 24 heavy (non-hydrogen) atoms. The smallest absolute Gasteiger partial charge is 0.270 e. The van der Waals surface area contributed by atoms with Gasteiger partial charge >= 0.3 is 0 Å². The molecule has 0 fully saturated rings. The Kier molecular flexibility index (Phi) is 5.10. The number of rotatable bonds is 5. The van der Waals surface area contributed by atoms with Crippen molar-refractivity contribution in [2.24, 2.45) is 5.73 Å². The minimum atomic E-state index is -0.657. The Bertz CT molecular complexity index is 823. The van der Waals surface area contributed by atoms with E-state index in [-0.39, 0.29) is 17.1 Å². The molecule has 2 rings (SSSR count). The van der Waals surface area contributed by atoms with E-state index in [1.54, 1.807) is 36.4 Å². The van der Waals surface area contributed by atoms with Crippen LogP contribution in [0.3, 0.4) is 0 Å². The number of hydrogen-bond acceptors (Lipinski definition) is 6. The summed E-state index contributed by atoms with van der Waals surface area (Å²) in [4.78, 5) is 22.2. The molecule has 1 amide bonds. The van der Waals surface area contributed by atoms with Crippen molar-refractivity contribution in [2.45, 2.75) is 0 Å². The highest BCUT2D eigenvalue weighted by Crippen LogP contribution is 2.17. The van der Waals surface area contributed by atoms with Crippen LogP contribution in [0.5, 0.6) is 0 Å². The molecule has 0 aliphatic heterocycles. The lowest BCUT2D eigenvalue weighted by Gasteiger charge is -2.09. The van der Waals surface area contributed by atoms with Gasteiger partial charge in [0.05, 0.1) is 4.92 Å². The zero-order valence-corrected chi connectivity index (χ0v) is 12.4. The highest BCUT2D eigenvalue weighted by atomic mass is 16.6. The van der Waals surface area contributed by atoms with E-state index in [4.69, 9.17) is 11.0 Å². The molecule has 4 N–H and O–H groups in total. The van der Waals surface area contributed by atoms with Gasteiger partial charge in [-0.15, -0.1) is 0 Å².